The van der Waals surface area contributed by atoms with E-state index in [0.29, 0.717) is 17.5 Å². The molecule has 2 heterocycles. The maximum Gasteiger partial charge on any atom is 0.166 e. The number of para-hydroxylation sites is 2. The fraction of sp³-hybridized carbons (Fsp3) is 0. The average Bonchev–Trinajstić information content (AvgIpc) is 3.61. The summed E-state index contributed by atoms with van der Waals surface area (Å²) >= 11 is 0. The normalized spacial score (nSPS) is 11.6. The van der Waals surface area contributed by atoms with Crippen molar-refractivity contribution in [3.63, 3.8) is 0 Å². The molecule has 11 rings (SSSR count). The minimum atomic E-state index is 0.616. The molecule has 0 unspecified atom stereocenters. The zero-order valence-corrected chi connectivity index (χ0v) is 29.8. The zero-order valence-electron chi connectivity index (χ0n) is 29.8. The van der Waals surface area contributed by atoms with Gasteiger partial charge < -0.3 is 4.57 Å². The molecule has 4 nitrogen and oxygen atoms in total. The largest absolute Gasteiger partial charge is 0.308 e. The van der Waals surface area contributed by atoms with E-state index in [2.05, 4.69) is 162 Å². The minimum absolute atomic E-state index is 0.616. The van der Waals surface area contributed by atoms with Gasteiger partial charge in [-0.3, -0.25) is 0 Å². The van der Waals surface area contributed by atoms with E-state index in [1.807, 2.05) is 36.4 Å². The highest BCUT2D eigenvalue weighted by atomic mass is 15.1. The van der Waals surface area contributed by atoms with Gasteiger partial charge in [0.2, 0.25) is 0 Å². The summed E-state index contributed by atoms with van der Waals surface area (Å²) in [4.78, 5) is 15.7. The van der Waals surface area contributed by atoms with E-state index in [9.17, 15) is 0 Å². The van der Waals surface area contributed by atoms with Gasteiger partial charge in [-0.1, -0.05) is 176 Å². The van der Waals surface area contributed by atoms with Crippen LogP contribution in [0.5, 0.6) is 0 Å². The van der Waals surface area contributed by atoms with Gasteiger partial charge in [0.15, 0.2) is 17.5 Å². The van der Waals surface area contributed by atoms with E-state index < -0.39 is 0 Å². The molecule has 4 heteroatoms. The van der Waals surface area contributed by atoms with Crippen molar-refractivity contribution >= 4 is 54.1 Å². The fourth-order valence-electron chi connectivity index (χ4n) is 8.35. The molecule has 0 atom stereocenters. The average molecular weight is 701 g/mol. The lowest BCUT2D eigenvalue weighted by atomic mass is 9.92. The molecule has 0 amide bonds. The predicted molar refractivity (Wildman–Crippen MR) is 228 cm³/mol. The molecule has 0 radical (unpaired) electrons. The standard InChI is InChI=1S/C51H32N4/c1-4-17-33(18-5-1)36-28-16-29-42-41-27-14-15-30-46(41)55(48(36)42)47-32-44-40-26-13-11-24-38(40)37-23-10-12-25-39(37)43(44)31-45(47)51-53-49(34-19-6-2-7-20-34)52-50(54-51)35-21-8-3-9-22-35/h1-32H. The third-order valence-corrected chi connectivity index (χ3v) is 10.8. The van der Waals surface area contributed by atoms with Crippen LogP contribution >= 0.6 is 0 Å². The second kappa shape index (κ2) is 12.6. The number of hydrogen-bond acceptors (Lipinski definition) is 3. The second-order valence-corrected chi connectivity index (χ2v) is 14.0. The summed E-state index contributed by atoms with van der Waals surface area (Å²) in [6.45, 7) is 0. The minimum Gasteiger partial charge on any atom is -0.308 e. The molecule has 0 aliphatic heterocycles. The molecular formula is C51H32N4. The van der Waals surface area contributed by atoms with E-state index in [-0.39, 0.29) is 0 Å². The topological polar surface area (TPSA) is 43.6 Å². The molecule has 2 aromatic heterocycles. The smallest absolute Gasteiger partial charge is 0.166 e. The summed E-state index contributed by atoms with van der Waals surface area (Å²) in [6.07, 6.45) is 0. The first-order chi connectivity index (χ1) is 27.3. The van der Waals surface area contributed by atoms with Crippen LogP contribution in [0.1, 0.15) is 0 Å². The van der Waals surface area contributed by atoms with Gasteiger partial charge in [-0.15, -0.1) is 0 Å². The van der Waals surface area contributed by atoms with Crippen LogP contribution in [0, 0.1) is 0 Å². The molecule has 11 aromatic rings. The number of nitrogens with zero attached hydrogens (tertiary/aromatic N) is 4. The summed E-state index contributed by atoms with van der Waals surface area (Å²) in [6, 6.07) is 68.7. The van der Waals surface area contributed by atoms with Crippen LogP contribution in [0.3, 0.4) is 0 Å². The highest BCUT2D eigenvalue weighted by molar-refractivity contribution is 6.26. The number of hydrogen-bond donors (Lipinski definition) is 0. The van der Waals surface area contributed by atoms with E-state index in [1.165, 1.54) is 37.7 Å². The van der Waals surface area contributed by atoms with Crippen LogP contribution in [-0.4, -0.2) is 19.5 Å². The highest BCUT2D eigenvalue weighted by Crippen LogP contribution is 2.44. The zero-order chi connectivity index (χ0) is 36.3. The summed E-state index contributed by atoms with van der Waals surface area (Å²) in [5, 5.41) is 9.56. The molecule has 0 saturated heterocycles. The van der Waals surface area contributed by atoms with E-state index in [1.54, 1.807) is 0 Å². The van der Waals surface area contributed by atoms with Gasteiger partial charge in [0, 0.05) is 33.0 Å². The molecule has 0 aliphatic rings. The van der Waals surface area contributed by atoms with Crippen molar-refractivity contribution in [1.82, 2.24) is 19.5 Å². The summed E-state index contributed by atoms with van der Waals surface area (Å²) in [7, 11) is 0. The maximum absolute atomic E-state index is 5.32. The Morgan fingerprint density at radius 3 is 1.31 bits per heavy atom. The van der Waals surface area contributed by atoms with Crippen LogP contribution in [0.4, 0.5) is 0 Å². The first kappa shape index (κ1) is 31.1. The Bertz CT molecular complexity index is 3180. The van der Waals surface area contributed by atoms with Crippen LogP contribution in [0.25, 0.3) is 105 Å². The molecule has 0 bridgehead atoms. The fourth-order valence-corrected chi connectivity index (χ4v) is 8.35. The molecule has 0 N–H and O–H groups in total. The Morgan fingerprint density at radius 1 is 0.291 bits per heavy atom. The number of benzene rings is 9. The molecule has 256 valence electrons. The van der Waals surface area contributed by atoms with Crippen molar-refractivity contribution in [3.8, 4) is 51.0 Å². The Hall–Kier alpha value is -7.43. The van der Waals surface area contributed by atoms with Crippen LogP contribution in [-0.2, 0) is 0 Å². The van der Waals surface area contributed by atoms with Gasteiger partial charge in [-0.2, -0.15) is 0 Å². The Labute approximate surface area is 317 Å². The summed E-state index contributed by atoms with van der Waals surface area (Å²) < 4.78 is 2.44. The number of fused-ring (bicyclic) bond motifs is 9. The second-order valence-electron chi connectivity index (χ2n) is 14.0. The van der Waals surface area contributed by atoms with E-state index in [0.717, 1.165) is 49.9 Å². The van der Waals surface area contributed by atoms with Crippen molar-refractivity contribution in [2.75, 3.05) is 0 Å². The molecule has 0 saturated carbocycles. The third kappa shape index (κ3) is 5.03. The van der Waals surface area contributed by atoms with Crippen molar-refractivity contribution < 1.29 is 0 Å². The van der Waals surface area contributed by atoms with Crippen molar-refractivity contribution in [2.45, 2.75) is 0 Å². The Kier molecular flexibility index (Phi) is 7.14. The molecular weight excluding hydrogens is 669 g/mol. The predicted octanol–water partition coefficient (Wildman–Crippen LogP) is 13.1. The van der Waals surface area contributed by atoms with Gasteiger partial charge in [0.25, 0.3) is 0 Å². The van der Waals surface area contributed by atoms with E-state index >= 15 is 0 Å². The SMILES string of the molecule is c1ccc(-c2nc(-c3ccccc3)nc(-c3cc4c5ccccc5c5ccccc5c4cc3-n3c4ccccc4c4cccc(-c5ccccc5)c43)n2)cc1. The summed E-state index contributed by atoms with van der Waals surface area (Å²) in [5.74, 6) is 1.88. The van der Waals surface area contributed by atoms with Crippen LogP contribution in [0.2, 0.25) is 0 Å². The van der Waals surface area contributed by atoms with Gasteiger partial charge in [0.1, 0.15) is 0 Å². The molecule has 55 heavy (non-hydrogen) atoms. The van der Waals surface area contributed by atoms with E-state index in [4.69, 9.17) is 15.0 Å². The quantitative estimate of drug-likeness (QED) is 0.168. The monoisotopic (exact) mass is 700 g/mol. The van der Waals surface area contributed by atoms with Crippen molar-refractivity contribution in [1.29, 1.82) is 0 Å². The highest BCUT2D eigenvalue weighted by Gasteiger charge is 2.23. The lowest BCUT2D eigenvalue weighted by Gasteiger charge is -2.19. The van der Waals surface area contributed by atoms with Gasteiger partial charge >= 0.3 is 0 Å². The lowest BCUT2D eigenvalue weighted by Crippen LogP contribution is -2.04. The number of aromatic nitrogens is 4. The maximum atomic E-state index is 5.32. The van der Waals surface area contributed by atoms with Gasteiger partial charge in [-0.25, -0.2) is 15.0 Å². The Balaban J connectivity index is 1.34. The van der Waals surface area contributed by atoms with Gasteiger partial charge in [0.05, 0.1) is 16.7 Å². The van der Waals surface area contributed by atoms with Crippen molar-refractivity contribution in [3.05, 3.63) is 194 Å². The molecule has 0 fully saturated rings. The lowest BCUT2D eigenvalue weighted by molar-refractivity contribution is 1.07. The Morgan fingerprint density at radius 2 is 0.727 bits per heavy atom. The van der Waals surface area contributed by atoms with Crippen LogP contribution in [0.15, 0.2) is 194 Å². The number of rotatable bonds is 5. The van der Waals surface area contributed by atoms with Gasteiger partial charge in [-0.05, 0) is 56.1 Å². The third-order valence-electron chi connectivity index (χ3n) is 10.8. The molecule has 9 aromatic carbocycles. The first-order valence-corrected chi connectivity index (χ1v) is 18.6. The van der Waals surface area contributed by atoms with Crippen molar-refractivity contribution in [2.24, 2.45) is 0 Å². The molecule has 0 aliphatic carbocycles. The molecule has 0 spiro atoms. The first-order valence-electron chi connectivity index (χ1n) is 18.6. The van der Waals surface area contributed by atoms with Crippen LogP contribution < -0.4 is 0 Å². The summed E-state index contributed by atoms with van der Waals surface area (Å²) in [5.41, 5.74) is 8.38.